The number of nitrogens with two attached hydrogens (primary N) is 1. The van der Waals surface area contributed by atoms with Crippen molar-refractivity contribution in [2.45, 2.75) is 45.7 Å². The van der Waals surface area contributed by atoms with E-state index in [0.717, 1.165) is 18.5 Å². The second-order valence-electron chi connectivity index (χ2n) is 5.83. The highest BCUT2D eigenvalue weighted by Crippen LogP contribution is 2.28. The number of hydrogen-bond acceptors (Lipinski definition) is 3. The minimum Gasteiger partial charge on any atom is -0.349 e. The molecule has 2 atom stereocenters. The maximum atomic E-state index is 12.2. The number of aromatic nitrogens is 1. The zero-order valence-corrected chi connectivity index (χ0v) is 11.7. The van der Waals surface area contributed by atoms with E-state index >= 15 is 0 Å². The van der Waals surface area contributed by atoms with Crippen LogP contribution < -0.4 is 11.1 Å². The summed E-state index contributed by atoms with van der Waals surface area (Å²) in [5.74, 6) is 1.36. The molecule has 1 fully saturated rings. The Bertz CT molecular complexity index is 437. The third kappa shape index (κ3) is 3.77. The van der Waals surface area contributed by atoms with Crippen molar-refractivity contribution in [2.24, 2.45) is 17.6 Å². The number of hydrogen-bond donors (Lipinski definition) is 2. The highest BCUT2D eigenvalue weighted by Gasteiger charge is 2.25. The molecule has 1 aliphatic carbocycles. The van der Waals surface area contributed by atoms with Crippen molar-refractivity contribution in [1.29, 1.82) is 0 Å². The van der Waals surface area contributed by atoms with E-state index in [9.17, 15) is 4.79 Å². The zero-order chi connectivity index (χ0) is 13.8. The summed E-state index contributed by atoms with van der Waals surface area (Å²) >= 11 is 0. The number of nitrogens with zero attached hydrogens (tertiary/aromatic N) is 1. The first-order valence-electron chi connectivity index (χ1n) is 7.04. The Labute approximate surface area is 114 Å². The maximum Gasteiger partial charge on any atom is 0.251 e. The van der Waals surface area contributed by atoms with Crippen LogP contribution in [0.5, 0.6) is 0 Å². The van der Waals surface area contributed by atoms with Gasteiger partial charge in [0, 0.05) is 24.3 Å². The smallest absolute Gasteiger partial charge is 0.251 e. The molecule has 1 aliphatic rings. The van der Waals surface area contributed by atoms with Crippen molar-refractivity contribution >= 4 is 5.91 Å². The van der Waals surface area contributed by atoms with Crippen LogP contribution in [0.3, 0.4) is 0 Å². The van der Waals surface area contributed by atoms with Crippen molar-refractivity contribution in [1.82, 2.24) is 10.3 Å². The van der Waals surface area contributed by atoms with E-state index in [-0.39, 0.29) is 5.91 Å². The van der Waals surface area contributed by atoms with Crippen LogP contribution in [-0.4, -0.2) is 16.9 Å². The molecular weight excluding hydrogens is 238 g/mol. The quantitative estimate of drug-likeness (QED) is 0.875. The number of nitrogens with one attached hydrogen (secondary N) is 1. The van der Waals surface area contributed by atoms with Crippen molar-refractivity contribution in [2.75, 3.05) is 0 Å². The number of rotatable bonds is 3. The molecule has 4 nitrogen and oxygen atoms in total. The summed E-state index contributed by atoms with van der Waals surface area (Å²) in [7, 11) is 0. The van der Waals surface area contributed by atoms with Gasteiger partial charge >= 0.3 is 0 Å². The van der Waals surface area contributed by atoms with E-state index < -0.39 is 0 Å². The van der Waals surface area contributed by atoms with Crippen LogP contribution in [-0.2, 0) is 6.54 Å². The standard InChI is InChI=1S/C15H23N3O/c1-10-5-11(2)7-13(6-10)18-15(19)12-3-4-17-14(8-12)9-16/h3-4,8,10-11,13H,5-7,9,16H2,1-2H3,(H,18,19). The molecule has 4 heteroatoms. The highest BCUT2D eigenvalue weighted by atomic mass is 16.1. The largest absolute Gasteiger partial charge is 0.349 e. The Morgan fingerprint density at radius 2 is 2.05 bits per heavy atom. The Kier molecular flexibility index (Phi) is 4.53. The summed E-state index contributed by atoms with van der Waals surface area (Å²) in [6.07, 6.45) is 5.05. The number of carbonyl (C=O) groups is 1. The van der Waals surface area contributed by atoms with Gasteiger partial charge < -0.3 is 11.1 Å². The summed E-state index contributed by atoms with van der Waals surface area (Å²) in [5, 5.41) is 3.14. The van der Waals surface area contributed by atoms with E-state index in [0.29, 0.717) is 30.0 Å². The predicted octanol–water partition coefficient (Wildman–Crippen LogP) is 2.09. The van der Waals surface area contributed by atoms with Crippen molar-refractivity contribution in [3.8, 4) is 0 Å². The molecule has 0 aromatic carbocycles. The summed E-state index contributed by atoms with van der Waals surface area (Å²) in [4.78, 5) is 16.3. The Hall–Kier alpha value is -1.42. The molecule has 3 N–H and O–H groups in total. The second-order valence-corrected chi connectivity index (χ2v) is 5.83. The first-order chi connectivity index (χ1) is 9.08. The molecule has 0 saturated heterocycles. The molecule has 2 unspecified atom stereocenters. The highest BCUT2D eigenvalue weighted by molar-refractivity contribution is 5.94. The van der Waals surface area contributed by atoms with Gasteiger partial charge in [-0.1, -0.05) is 13.8 Å². The number of carbonyl (C=O) groups excluding carboxylic acids is 1. The zero-order valence-electron chi connectivity index (χ0n) is 11.7. The van der Waals surface area contributed by atoms with Gasteiger partial charge in [-0.2, -0.15) is 0 Å². The van der Waals surface area contributed by atoms with Gasteiger partial charge in [0.2, 0.25) is 0 Å². The Balaban J connectivity index is 2.00. The molecule has 0 spiro atoms. The molecule has 0 radical (unpaired) electrons. The molecule has 1 saturated carbocycles. The third-order valence-electron chi connectivity index (χ3n) is 3.80. The van der Waals surface area contributed by atoms with Crippen molar-refractivity contribution < 1.29 is 4.79 Å². The van der Waals surface area contributed by atoms with Crippen LogP contribution in [0.4, 0.5) is 0 Å². The van der Waals surface area contributed by atoms with E-state index in [2.05, 4.69) is 24.1 Å². The molecule has 0 aliphatic heterocycles. The number of pyridine rings is 1. The van der Waals surface area contributed by atoms with Crippen LogP contribution in [0.25, 0.3) is 0 Å². The van der Waals surface area contributed by atoms with E-state index in [1.807, 2.05) is 0 Å². The van der Waals surface area contributed by atoms with Crippen molar-refractivity contribution in [3.63, 3.8) is 0 Å². The molecule has 2 rings (SSSR count). The Morgan fingerprint density at radius 1 is 1.37 bits per heavy atom. The molecular formula is C15H23N3O. The van der Waals surface area contributed by atoms with Crippen LogP contribution in [0.2, 0.25) is 0 Å². The van der Waals surface area contributed by atoms with E-state index in [1.165, 1.54) is 6.42 Å². The summed E-state index contributed by atoms with van der Waals surface area (Å²) in [6.45, 7) is 4.88. The lowest BCUT2D eigenvalue weighted by atomic mass is 9.80. The van der Waals surface area contributed by atoms with E-state index in [4.69, 9.17) is 5.73 Å². The van der Waals surface area contributed by atoms with Gasteiger partial charge in [-0.3, -0.25) is 9.78 Å². The topological polar surface area (TPSA) is 68.0 Å². The predicted molar refractivity (Wildman–Crippen MR) is 75.6 cm³/mol. The molecule has 1 amide bonds. The minimum atomic E-state index is -0.0107. The monoisotopic (exact) mass is 261 g/mol. The fourth-order valence-electron chi connectivity index (χ4n) is 3.06. The molecule has 1 aromatic rings. The van der Waals surface area contributed by atoms with Crippen LogP contribution in [0.1, 0.15) is 49.2 Å². The maximum absolute atomic E-state index is 12.2. The molecule has 1 heterocycles. The lowest BCUT2D eigenvalue weighted by molar-refractivity contribution is 0.0911. The van der Waals surface area contributed by atoms with Crippen molar-refractivity contribution in [3.05, 3.63) is 29.6 Å². The Morgan fingerprint density at radius 3 is 2.68 bits per heavy atom. The normalized spacial score (nSPS) is 27.0. The van der Waals surface area contributed by atoms with Gasteiger partial charge in [0.15, 0.2) is 0 Å². The summed E-state index contributed by atoms with van der Waals surface area (Å²) in [6, 6.07) is 3.80. The van der Waals surface area contributed by atoms with Gasteiger partial charge in [-0.15, -0.1) is 0 Å². The molecule has 104 valence electrons. The first kappa shape index (κ1) is 14.0. The fraction of sp³-hybridized carbons (Fsp3) is 0.600. The molecule has 1 aromatic heterocycles. The summed E-state index contributed by atoms with van der Waals surface area (Å²) < 4.78 is 0. The number of amides is 1. The minimum absolute atomic E-state index is 0.0107. The SMILES string of the molecule is CC1CC(C)CC(NC(=O)c2ccnc(CN)c2)C1. The van der Waals surface area contributed by atoms with Crippen LogP contribution in [0.15, 0.2) is 18.3 Å². The fourth-order valence-corrected chi connectivity index (χ4v) is 3.06. The molecule has 0 bridgehead atoms. The third-order valence-corrected chi connectivity index (χ3v) is 3.80. The lowest BCUT2D eigenvalue weighted by Gasteiger charge is -2.32. The first-order valence-corrected chi connectivity index (χ1v) is 7.04. The van der Waals surface area contributed by atoms with Gasteiger partial charge in [0.25, 0.3) is 5.91 Å². The van der Waals surface area contributed by atoms with Crippen LogP contribution in [0, 0.1) is 11.8 Å². The van der Waals surface area contributed by atoms with Gasteiger partial charge in [-0.25, -0.2) is 0 Å². The lowest BCUT2D eigenvalue weighted by Crippen LogP contribution is -2.40. The van der Waals surface area contributed by atoms with Crippen LogP contribution >= 0.6 is 0 Å². The van der Waals surface area contributed by atoms with E-state index in [1.54, 1.807) is 18.3 Å². The average Bonchev–Trinajstić information content (AvgIpc) is 2.37. The molecule has 19 heavy (non-hydrogen) atoms. The van der Waals surface area contributed by atoms with Gasteiger partial charge in [0.1, 0.15) is 0 Å². The average molecular weight is 261 g/mol. The van der Waals surface area contributed by atoms with Gasteiger partial charge in [-0.05, 0) is 43.2 Å². The van der Waals surface area contributed by atoms with Gasteiger partial charge in [0.05, 0.1) is 5.69 Å². The second kappa shape index (κ2) is 6.15. The summed E-state index contributed by atoms with van der Waals surface area (Å²) in [5.41, 5.74) is 6.95.